The van der Waals surface area contributed by atoms with Crippen LogP contribution < -0.4 is 10.5 Å². The Morgan fingerprint density at radius 1 is 0.842 bits per heavy atom. The predicted octanol–water partition coefficient (Wildman–Crippen LogP) is 2.84. The third-order valence-corrected chi connectivity index (χ3v) is 2.93. The average Bonchev–Trinajstić information content (AvgIpc) is 2.48. The molecule has 2 aromatic carbocycles. The van der Waals surface area contributed by atoms with E-state index in [4.69, 9.17) is 15.2 Å². The van der Waals surface area contributed by atoms with Crippen LogP contribution in [0.15, 0.2) is 48.5 Å². The SMILES string of the molecule is COCCOc1ccc(-c2ccc(CN)cc2)cc1. The molecule has 0 saturated carbocycles. The van der Waals surface area contributed by atoms with E-state index in [0.29, 0.717) is 19.8 Å². The van der Waals surface area contributed by atoms with Crippen molar-refractivity contribution in [2.45, 2.75) is 6.54 Å². The van der Waals surface area contributed by atoms with Crippen LogP contribution in [0.5, 0.6) is 5.75 Å². The molecule has 0 heterocycles. The first-order chi connectivity index (χ1) is 9.33. The van der Waals surface area contributed by atoms with Crippen LogP contribution in [-0.4, -0.2) is 20.3 Å². The Bertz CT molecular complexity index is 491. The minimum Gasteiger partial charge on any atom is -0.491 e. The molecule has 3 nitrogen and oxygen atoms in total. The first-order valence-corrected chi connectivity index (χ1v) is 6.34. The average molecular weight is 257 g/mol. The van der Waals surface area contributed by atoms with E-state index in [2.05, 4.69) is 36.4 Å². The smallest absolute Gasteiger partial charge is 0.119 e. The summed E-state index contributed by atoms with van der Waals surface area (Å²) in [6, 6.07) is 16.3. The molecule has 0 aliphatic rings. The zero-order valence-corrected chi connectivity index (χ0v) is 11.1. The molecule has 0 radical (unpaired) electrons. The van der Waals surface area contributed by atoms with Crippen molar-refractivity contribution < 1.29 is 9.47 Å². The molecule has 0 amide bonds. The van der Waals surface area contributed by atoms with Crippen molar-refractivity contribution in [2.24, 2.45) is 5.73 Å². The second-order valence-corrected chi connectivity index (χ2v) is 4.27. The van der Waals surface area contributed by atoms with Crippen LogP contribution in [0.1, 0.15) is 5.56 Å². The molecular formula is C16H19NO2. The first-order valence-electron chi connectivity index (χ1n) is 6.34. The Balaban J connectivity index is 2.04. The van der Waals surface area contributed by atoms with Gasteiger partial charge in [-0.2, -0.15) is 0 Å². The van der Waals surface area contributed by atoms with E-state index < -0.39 is 0 Å². The monoisotopic (exact) mass is 257 g/mol. The second-order valence-electron chi connectivity index (χ2n) is 4.27. The fourth-order valence-electron chi connectivity index (χ4n) is 1.82. The summed E-state index contributed by atoms with van der Waals surface area (Å²) in [4.78, 5) is 0. The van der Waals surface area contributed by atoms with Gasteiger partial charge in [0.05, 0.1) is 6.61 Å². The fraction of sp³-hybridized carbons (Fsp3) is 0.250. The molecular weight excluding hydrogens is 238 g/mol. The summed E-state index contributed by atoms with van der Waals surface area (Å²) in [5.74, 6) is 0.861. The third-order valence-electron chi connectivity index (χ3n) is 2.93. The zero-order chi connectivity index (χ0) is 13.5. The summed E-state index contributed by atoms with van der Waals surface area (Å²) in [6.07, 6.45) is 0. The van der Waals surface area contributed by atoms with E-state index in [-0.39, 0.29) is 0 Å². The quantitative estimate of drug-likeness (QED) is 0.809. The lowest BCUT2D eigenvalue weighted by atomic mass is 10.0. The van der Waals surface area contributed by atoms with Gasteiger partial charge in [0, 0.05) is 13.7 Å². The van der Waals surface area contributed by atoms with Gasteiger partial charge in [-0.1, -0.05) is 36.4 Å². The molecule has 0 atom stereocenters. The Morgan fingerprint density at radius 2 is 1.42 bits per heavy atom. The molecule has 2 N–H and O–H groups in total. The summed E-state index contributed by atoms with van der Waals surface area (Å²) in [7, 11) is 1.66. The van der Waals surface area contributed by atoms with Gasteiger partial charge in [0.1, 0.15) is 12.4 Å². The largest absolute Gasteiger partial charge is 0.491 e. The number of methoxy groups -OCH3 is 1. The molecule has 3 heteroatoms. The Morgan fingerprint density at radius 3 is 1.95 bits per heavy atom. The van der Waals surface area contributed by atoms with Gasteiger partial charge in [-0.3, -0.25) is 0 Å². The fourth-order valence-corrected chi connectivity index (χ4v) is 1.82. The summed E-state index contributed by atoms with van der Waals surface area (Å²) < 4.78 is 10.5. The molecule has 100 valence electrons. The first kappa shape index (κ1) is 13.6. The van der Waals surface area contributed by atoms with Crippen molar-refractivity contribution >= 4 is 0 Å². The maximum Gasteiger partial charge on any atom is 0.119 e. The molecule has 0 bridgehead atoms. The van der Waals surface area contributed by atoms with Crippen LogP contribution >= 0.6 is 0 Å². The molecule has 0 spiro atoms. The van der Waals surface area contributed by atoms with Crippen LogP contribution in [0, 0.1) is 0 Å². The summed E-state index contributed by atoms with van der Waals surface area (Å²) >= 11 is 0. The summed E-state index contributed by atoms with van der Waals surface area (Å²) in [5, 5.41) is 0. The lowest BCUT2D eigenvalue weighted by Crippen LogP contribution is -2.03. The predicted molar refractivity (Wildman–Crippen MR) is 77.1 cm³/mol. The van der Waals surface area contributed by atoms with Gasteiger partial charge in [0.2, 0.25) is 0 Å². The van der Waals surface area contributed by atoms with E-state index in [1.807, 2.05) is 12.1 Å². The van der Waals surface area contributed by atoms with Gasteiger partial charge in [-0.25, -0.2) is 0 Å². The van der Waals surface area contributed by atoms with Crippen molar-refractivity contribution in [1.82, 2.24) is 0 Å². The summed E-state index contributed by atoms with van der Waals surface area (Å²) in [6.45, 7) is 1.75. The van der Waals surface area contributed by atoms with E-state index in [1.165, 1.54) is 11.1 Å². The summed E-state index contributed by atoms with van der Waals surface area (Å²) in [5.41, 5.74) is 9.08. The number of hydrogen-bond acceptors (Lipinski definition) is 3. The number of hydrogen-bond donors (Lipinski definition) is 1. The topological polar surface area (TPSA) is 44.5 Å². The van der Waals surface area contributed by atoms with E-state index in [0.717, 1.165) is 11.3 Å². The maximum absolute atomic E-state index is 5.59. The van der Waals surface area contributed by atoms with Crippen LogP contribution in [0.25, 0.3) is 11.1 Å². The third kappa shape index (κ3) is 3.81. The van der Waals surface area contributed by atoms with Gasteiger partial charge >= 0.3 is 0 Å². The van der Waals surface area contributed by atoms with Gasteiger partial charge in [0.15, 0.2) is 0 Å². The van der Waals surface area contributed by atoms with Crippen LogP contribution in [0.2, 0.25) is 0 Å². The second kappa shape index (κ2) is 6.92. The normalized spacial score (nSPS) is 10.4. The number of nitrogens with two attached hydrogens (primary N) is 1. The van der Waals surface area contributed by atoms with E-state index in [9.17, 15) is 0 Å². The maximum atomic E-state index is 5.59. The molecule has 0 aliphatic carbocycles. The zero-order valence-electron chi connectivity index (χ0n) is 11.1. The lowest BCUT2D eigenvalue weighted by Gasteiger charge is -2.07. The minimum atomic E-state index is 0.570. The van der Waals surface area contributed by atoms with Crippen LogP contribution in [0.3, 0.4) is 0 Å². The van der Waals surface area contributed by atoms with Gasteiger partial charge in [0.25, 0.3) is 0 Å². The van der Waals surface area contributed by atoms with E-state index >= 15 is 0 Å². The van der Waals surface area contributed by atoms with Gasteiger partial charge < -0.3 is 15.2 Å². The Hall–Kier alpha value is -1.84. The lowest BCUT2D eigenvalue weighted by molar-refractivity contribution is 0.146. The highest BCUT2D eigenvalue weighted by molar-refractivity contribution is 5.64. The molecule has 0 aromatic heterocycles. The van der Waals surface area contributed by atoms with E-state index in [1.54, 1.807) is 7.11 Å². The Kier molecular flexibility index (Phi) is 4.95. The van der Waals surface area contributed by atoms with Gasteiger partial charge in [-0.05, 0) is 28.8 Å². The highest BCUT2D eigenvalue weighted by atomic mass is 16.5. The molecule has 2 rings (SSSR count). The molecule has 0 aliphatic heterocycles. The number of rotatable bonds is 6. The molecule has 19 heavy (non-hydrogen) atoms. The Labute approximate surface area is 114 Å². The van der Waals surface area contributed by atoms with Crippen LogP contribution in [0.4, 0.5) is 0 Å². The molecule has 0 unspecified atom stereocenters. The molecule has 0 saturated heterocycles. The van der Waals surface area contributed by atoms with Crippen molar-refractivity contribution in [1.29, 1.82) is 0 Å². The highest BCUT2D eigenvalue weighted by Gasteiger charge is 1.99. The minimum absolute atomic E-state index is 0.570. The van der Waals surface area contributed by atoms with Crippen molar-refractivity contribution in [3.8, 4) is 16.9 Å². The van der Waals surface area contributed by atoms with Crippen molar-refractivity contribution in [3.63, 3.8) is 0 Å². The van der Waals surface area contributed by atoms with Crippen molar-refractivity contribution in [2.75, 3.05) is 20.3 Å². The number of ether oxygens (including phenoxy) is 2. The van der Waals surface area contributed by atoms with Gasteiger partial charge in [-0.15, -0.1) is 0 Å². The highest BCUT2D eigenvalue weighted by Crippen LogP contribution is 2.22. The van der Waals surface area contributed by atoms with Crippen molar-refractivity contribution in [3.05, 3.63) is 54.1 Å². The molecule has 2 aromatic rings. The standard InChI is InChI=1S/C16H19NO2/c1-18-10-11-19-16-8-6-15(7-9-16)14-4-2-13(12-17)3-5-14/h2-9H,10-12,17H2,1H3. The molecule has 0 fully saturated rings. The van der Waals surface area contributed by atoms with Crippen LogP contribution in [-0.2, 0) is 11.3 Å². The number of benzene rings is 2.